The van der Waals surface area contributed by atoms with Crippen molar-refractivity contribution in [3.8, 4) is 5.75 Å². The molecule has 0 saturated carbocycles. The molecule has 1 atom stereocenters. The second-order valence-electron chi connectivity index (χ2n) is 5.04. The van der Waals surface area contributed by atoms with E-state index in [-0.39, 0.29) is 6.61 Å². The second kappa shape index (κ2) is 7.50. The van der Waals surface area contributed by atoms with E-state index in [1.54, 1.807) is 0 Å². The summed E-state index contributed by atoms with van der Waals surface area (Å²) in [4.78, 5) is 0. The lowest BCUT2D eigenvalue weighted by molar-refractivity contribution is -0.137. The van der Waals surface area contributed by atoms with Crippen molar-refractivity contribution in [1.82, 2.24) is 5.32 Å². The minimum Gasteiger partial charge on any atom is -0.491 e. The number of halogens is 3. The maximum Gasteiger partial charge on any atom is 0.416 e. The minimum absolute atomic E-state index is 0.0382. The molecule has 0 saturated heterocycles. The molecule has 20 heavy (non-hydrogen) atoms. The molecule has 114 valence electrons. The van der Waals surface area contributed by atoms with Crippen LogP contribution in [0.1, 0.15) is 19.4 Å². The lowest BCUT2D eigenvalue weighted by Gasteiger charge is -2.14. The Hall–Kier alpha value is -1.27. The maximum atomic E-state index is 12.3. The van der Waals surface area contributed by atoms with Crippen LogP contribution in [0.25, 0.3) is 0 Å². The SMILES string of the molecule is CC(C)CNCC(O)COc1ccc(C(F)(F)F)cc1. The number of hydrogen-bond donors (Lipinski definition) is 2. The van der Waals surface area contributed by atoms with E-state index >= 15 is 0 Å². The van der Waals surface area contributed by atoms with Crippen LogP contribution in [0.5, 0.6) is 5.75 Å². The van der Waals surface area contributed by atoms with Crippen LogP contribution in [-0.2, 0) is 6.18 Å². The zero-order valence-electron chi connectivity index (χ0n) is 11.6. The molecule has 0 aliphatic carbocycles. The topological polar surface area (TPSA) is 41.5 Å². The second-order valence-corrected chi connectivity index (χ2v) is 5.04. The lowest BCUT2D eigenvalue weighted by atomic mass is 10.2. The summed E-state index contributed by atoms with van der Waals surface area (Å²) in [5, 5.41) is 12.7. The molecule has 6 heteroatoms. The monoisotopic (exact) mass is 291 g/mol. The average molecular weight is 291 g/mol. The van der Waals surface area contributed by atoms with Gasteiger partial charge < -0.3 is 15.2 Å². The Morgan fingerprint density at radius 3 is 2.25 bits per heavy atom. The number of hydrogen-bond acceptors (Lipinski definition) is 3. The van der Waals surface area contributed by atoms with Crippen LogP contribution in [0.2, 0.25) is 0 Å². The number of alkyl halides is 3. The standard InChI is InChI=1S/C14H20F3NO2/c1-10(2)7-18-8-12(19)9-20-13-5-3-11(4-6-13)14(15,16)17/h3-6,10,12,18-19H,7-9H2,1-2H3. The van der Waals surface area contributed by atoms with Gasteiger partial charge in [0.1, 0.15) is 18.5 Å². The Morgan fingerprint density at radius 2 is 1.75 bits per heavy atom. The first kappa shape index (κ1) is 16.8. The van der Waals surface area contributed by atoms with Crippen molar-refractivity contribution in [1.29, 1.82) is 0 Å². The van der Waals surface area contributed by atoms with Crippen molar-refractivity contribution < 1.29 is 23.0 Å². The van der Waals surface area contributed by atoms with Gasteiger partial charge in [0, 0.05) is 6.54 Å². The van der Waals surface area contributed by atoms with Crippen molar-refractivity contribution >= 4 is 0 Å². The molecule has 1 aromatic rings. The molecular formula is C14H20F3NO2. The first-order valence-corrected chi connectivity index (χ1v) is 6.48. The molecule has 0 aliphatic rings. The van der Waals surface area contributed by atoms with Crippen molar-refractivity contribution in [2.75, 3.05) is 19.7 Å². The highest BCUT2D eigenvalue weighted by Gasteiger charge is 2.30. The normalized spacial score (nSPS) is 13.6. The first-order valence-electron chi connectivity index (χ1n) is 6.48. The maximum absolute atomic E-state index is 12.3. The Kier molecular flexibility index (Phi) is 6.29. The molecule has 3 nitrogen and oxygen atoms in total. The van der Waals surface area contributed by atoms with Crippen LogP contribution in [0.4, 0.5) is 13.2 Å². The third kappa shape index (κ3) is 6.25. The van der Waals surface area contributed by atoms with E-state index < -0.39 is 17.8 Å². The van der Waals surface area contributed by atoms with Gasteiger partial charge in [-0.1, -0.05) is 13.8 Å². The van der Waals surface area contributed by atoms with Crippen LogP contribution in [-0.4, -0.2) is 30.9 Å². The fourth-order valence-corrected chi connectivity index (χ4v) is 1.53. The van der Waals surface area contributed by atoms with Gasteiger partial charge in [-0.25, -0.2) is 0 Å². The quantitative estimate of drug-likeness (QED) is 0.811. The number of nitrogens with one attached hydrogen (secondary N) is 1. The van der Waals surface area contributed by atoms with E-state index in [4.69, 9.17) is 4.74 Å². The molecule has 0 spiro atoms. The van der Waals surface area contributed by atoms with Gasteiger partial charge in [-0.05, 0) is 36.7 Å². The summed E-state index contributed by atoms with van der Waals surface area (Å²) >= 11 is 0. The fraction of sp³-hybridized carbons (Fsp3) is 0.571. The van der Waals surface area contributed by atoms with Gasteiger partial charge in [0.15, 0.2) is 0 Å². The van der Waals surface area contributed by atoms with Gasteiger partial charge in [-0.15, -0.1) is 0 Å². The highest BCUT2D eigenvalue weighted by atomic mass is 19.4. The Bertz CT molecular complexity index is 390. The highest BCUT2D eigenvalue weighted by Crippen LogP contribution is 2.30. The lowest BCUT2D eigenvalue weighted by Crippen LogP contribution is -2.33. The minimum atomic E-state index is -4.35. The van der Waals surface area contributed by atoms with Gasteiger partial charge in [-0.2, -0.15) is 13.2 Å². The van der Waals surface area contributed by atoms with Crippen LogP contribution >= 0.6 is 0 Å². The number of rotatable bonds is 7. The summed E-state index contributed by atoms with van der Waals surface area (Å²) in [5.74, 6) is 0.791. The number of aliphatic hydroxyl groups is 1. The van der Waals surface area contributed by atoms with Crippen LogP contribution in [0.15, 0.2) is 24.3 Å². The molecule has 0 aromatic heterocycles. The first-order chi connectivity index (χ1) is 9.29. The largest absolute Gasteiger partial charge is 0.491 e. The van der Waals surface area contributed by atoms with Crippen LogP contribution in [0, 0.1) is 5.92 Å². The molecule has 1 unspecified atom stereocenters. The summed E-state index contributed by atoms with van der Waals surface area (Å²) in [6.45, 7) is 5.32. The molecule has 0 amide bonds. The molecule has 0 fully saturated rings. The smallest absolute Gasteiger partial charge is 0.416 e. The average Bonchev–Trinajstić information content (AvgIpc) is 2.35. The van der Waals surface area contributed by atoms with E-state index in [0.29, 0.717) is 18.2 Å². The van der Waals surface area contributed by atoms with E-state index in [9.17, 15) is 18.3 Å². The molecule has 2 N–H and O–H groups in total. The van der Waals surface area contributed by atoms with Gasteiger partial charge in [0.25, 0.3) is 0 Å². The summed E-state index contributed by atoms with van der Waals surface area (Å²) in [6, 6.07) is 4.41. The van der Waals surface area contributed by atoms with Crippen molar-refractivity contribution in [3.63, 3.8) is 0 Å². The molecule has 1 rings (SSSR count). The van der Waals surface area contributed by atoms with Crippen molar-refractivity contribution in [2.45, 2.75) is 26.1 Å². The number of ether oxygens (including phenoxy) is 1. The molecule has 0 radical (unpaired) electrons. The van der Waals surface area contributed by atoms with Gasteiger partial charge in [0.2, 0.25) is 0 Å². The summed E-state index contributed by atoms with van der Waals surface area (Å²) in [7, 11) is 0. The fourth-order valence-electron chi connectivity index (χ4n) is 1.53. The van der Waals surface area contributed by atoms with Crippen molar-refractivity contribution in [2.24, 2.45) is 5.92 Å². The van der Waals surface area contributed by atoms with Crippen LogP contribution < -0.4 is 10.1 Å². The molecule has 0 aliphatic heterocycles. The van der Waals surface area contributed by atoms with Crippen LogP contribution in [0.3, 0.4) is 0 Å². The zero-order chi connectivity index (χ0) is 15.2. The van der Waals surface area contributed by atoms with Gasteiger partial charge in [0.05, 0.1) is 5.56 Å². The van der Waals surface area contributed by atoms with E-state index in [2.05, 4.69) is 19.2 Å². The molecular weight excluding hydrogens is 271 g/mol. The van der Waals surface area contributed by atoms with E-state index in [1.165, 1.54) is 12.1 Å². The third-order valence-corrected chi connectivity index (χ3v) is 2.56. The summed E-state index contributed by atoms with van der Waals surface area (Å²) < 4.78 is 42.3. The number of benzene rings is 1. The predicted octanol–water partition coefficient (Wildman–Crippen LogP) is 2.69. The third-order valence-electron chi connectivity index (χ3n) is 2.56. The predicted molar refractivity (Wildman–Crippen MR) is 70.7 cm³/mol. The Labute approximate surface area is 116 Å². The zero-order valence-corrected chi connectivity index (χ0v) is 11.6. The van der Waals surface area contributed by atoms with E-state index in [0.717, 1.165) is 18.7 Å². The number of aliphatic hydroxyl groups excluding tert-OH is 1. The van der Waals surface area contributed by atoms with Gasteiger partial charge >= 0.3 is 6.18 Å². The molecule has 1 aromatic carbocycles. The van der Waals surface area contributed by atoms with Crippen molar-refractivity contribution in [3.05, 3.63) is 29.8 Å². The Morgan fingerprint density at radius 1 is 1.15 bits per heavy atom. The summed E-state index contributed by atoms with van der Waals surface area (Å²) in [6.07, 6.45) is -5.05. The molecule has 0 heterocycles. The summed E-state index contributed by atoms with van der Waals surface area (Å²) in [5.41, 5.74) is -0.719. The Balaban J connectivity index is 2.34. The van der Waals surface area contributed by atoms with E-state index in [1.807, 2.05) is 0 Å². The highest BCUT2D eigenvalue weighted by molar-refractivity contribution is 5.28. The molecule has 0 bridgehead atoms. The van der Waals surface area contributed by atoms with Gasteiger partial charge in [-0.3, -0.25) is 0 Å².